The molecule has 1 aliphatic carbocycles. The number of nitrogens with zero attached hydrogens (tertiary/aromatic N) is 3. The summed E-state index contributed by atoms with van der Waals surface area (Å²) in [6.45, 7) is 1.83. The Kier molecular flexibility index (Phi) is 2.96. The van der Waals surface area contributed by atoms with E-state index in [9.17, 15) is 8.42 Å². The molecule has 0 amide bonds. The highest BCUT2D eigenvalue weighted by molar-refractivity contribution is 7.91. The fraction of sp³-hybridized carbons (Fsp3) is 0.250. The third kappa shape index (κ3) is 2.19. The minimum Gasteiger partial charge on any atom is -0.384 e. The summed E-state index contributed by atoms with van der Waals surface area (Å²) in [6.07, 6.45) is 6.47. The lowest BCUT2D eigenvalue weighted by Gasteiger charge is -2.10. The Hall–Kier alpha value is -2.41. The molecule has 23 heavy (non-hydrogen) atoms. The van der Waals surface area contributed by atoms with E-state index in [0.29, 0.717) is 17.0 Å². The maximum absolute atomic E-state index is 12.6. The Morgan fingerprint density at radius 1 is 1.26 bits per heavy atom. The molecule has 7 heteroatoms. The first-order valence-corrected chi connectivity index (χ1v) is 8.92. The van der Waals surface area contributed by atoms with Crippen LogP contribution in [-0.4, -0.2) is 27.6 Å². The van der Waals surface area contributed by atoms with Crippen molar-refractivity contribution in [3.8, 4) is 11.1 Å². The van der Waals surface area contributed by atoms with Crippen molar-refractivity contribution in [1.29, 1.82) is 0 Å². The van der Waals surface area contributed by atoms with Crippen molar-refractivity contribution in [2.45, 2.75) is 25.0 Å². The molecule has 1 saturated carbocycles. The third-order valence-corrected chi connectivity index (χ3v) is 6.35. The fourth-order valence-electron chi connectivity index (χ4n) is 2.86. The monoisotopic (exact) mass is 328 g/mol. The average molecular weight is 328 g/mol. The zero-order chi connectivity index (χ0) is 16.2. The van der Waals surface area contributed by atoms with Gasteiger partial charge in [-0.25, -0.2) is 17.4 Å². The molecule has 0 aliphatic heterocycles. The van der Waals surface area contributed by atoms with Crippen molar-refractivity contribution in [1.82, 2.24) is 13.9 Å². The molecule has 3 aromatic rings. The Morgan fingerprint density at radius 3 is 2.74 bits per heavy atom. The molecule has 6 nitrogen and oxygen atoms in total. The number of aryl methyl sites for hydroxylation is 1. The van der Waals surface area contributed by atoms with Gasteiger partial charge in [0.1, 0.15) is 5.82 Å². The SMILES string of the molecule is Cc1ncc(-c2ccnc(N)c2)c2ccn(S(=O)(=O)C3CC3)c12. The Morgan fingerprint density at radius 2 is 2.04 bits per heavy atom. The molecule has 0 aromatic carbocycles. The number of hydrogen-bond donors (Lipinski definition) is 1. The van der Waals surface area contributed by atoms with Crippen LogP contribution in [0, 0.1) is 6.92 Å². The summed E-state index contributed by atoms with van der Waals surface area (Å²) in [5, 5.41) is 0.588. The topological polar surface area (TPSA) is 90.9 Å². The van der Waals surface area contributed by atoms with Gasteiger partial charge in [-0.15, -0.1) is 0 Å². The predicted molar refractivity (Wildman–Crippen MR) is 89.5 cm³/mol. The highest BCUT2D eigenvalue weighted by Gasteiger charge is 2.37. The van der Waals surface area contributed by atoms with Crippen LogP contribution in [0.1, 0.15) is 18.5 Å². The van der Waals surface area contributed by atoms with Crippen LogP contribution in [-0.2, 0) is 10.0 Å². The maximum atomic E-state index is 12.6. The van der Waals surface area contributed by atoms with Crippen molar-refractivity contribution in [3.63, 3.8) is 0 Å². The summed E-state index contributed by atoms with van der Waals surface area (Å²) in [7, 11) is -3.34. The van der Waals surface area contributed by atoms with E-state index in [1.807, 2.05) is 19.1 Å². The van der Waals surface area contributed by atoms with Gasteiger partial charge in [-0.2, -0.15) is 0 Å². The van der Waals surface area contributed by atoms with Crippen LogP contribution in [0.2, 0.25) is 0 Å². The van der Waals surface area contributed by atoms with Gasteiger partial charge in [0.2, 0.25) is 10.0 Å². The molecule has 0 radical (unpaired) electrons. The van der Waals surface area contributed by atoms with Crippen molar-refractivity contribution in [2.75, 3.05) is 5.73 Å². The summed E-state index contributed by atoms with van der Waals surface area (Å²) in [5.41, 5.74) is 8.82. The number of pyridine rings is 2. The van der Waals surface area contributed by atoms with E-state index in [0.717, 1.165) is 29.4 Å². The van der Waals surface area contributed by atoms with Crippen molar-refractivity contribution in [2.24, 2.45) is 0 Å². The molecule has 118 valence electrons. The van der Waals surface area contributed by atoms with E-state index in [-0.39, 0.29) is 5.25 Å². The van der Waals surface area contributed by atoms with Gasteiger partial charge in [-0.1, -0.05) is 0 Å². The quantitative estimate of drug-likeness (QED) is 0.797. The van der Waals surface area contributed by atoms with E-state index >= 15 is 0 Å². The van der Waals surface area contributed by atoms with Gasteiger partial charge < -0.3 is 5.73 Å². The van der Waals surface area contributed by atoms with Crippen molar-refractivity contribution in [3.05, 3.63) is 42.5 Å². The summed E-state index contributed by atoms with van der Waals surface area (Å²) in [6, 6.07) is 5.43. The van der Waals surface area contributed by atoms with E-state index in [2.05, 4.69) is 9.97 Å². The first kappa shape index (κ1) is 14.2. The average Bonchev–Trinajstić information content (AvgIpc) is 3.27. The number of nitrogen functional groups attached to an aromatic ring is 1. The summed E-state index contributed by atoms with van der Waals surface area (Å²) >= 11 is 0. The molecule has 1 fully saturated rings. The van der Waals surface area contributed by atoms with Gasteiger partial charge in [0.15, 0.2) is 0 Å². The van der Waals surface area contributed by atoms with E-state index < -0.39 is 10.0 Å². The van der Waals surface area contributed by atoms with Gasteiger partial charge >= 0.3 is 0 Å². The van der Waals surface area contributed by atoms with E-state index in [1.54, 1.807) is 24.7 Å². The largest absolute Gasteiger partial charge is 0.384 e. The first-order valence-electron chi connectivity index (χ1n) is 7.41. The number of anilines is 1. The number of fused-ring (bicyclic) bond motifs is 1. The maximum Gasteiger partial charge on any atom is 0.241 e. The molecular formula is C16H16N4O2S. The van der Waals surface area contributed by atoms with Gasteiger partial charge in [0.25, 0.3) is 0 Å². The third-order valence-electron chi connectivity index (χ3n) is 4.18. The molecule has 0 unspecified atom stereocenters. The van der Waals surface area contributed by atoms with Crippen LogP contribution in [0.25, 0.3) is 22.0 Å². The van der Waals surface area contributed by atoms with Gasteiger partial charge in [0.05, 0.1) is 16.5 Å². The number of nitrogens with two attached hydrogens (primary N) is 1. The molecule has 3 aromatic heterocycles. The fourth-order valence-corrected chi connectivity index (χ4v) is 4.63. The van der Waals surface area contributed by atoms with Crippen LogP contribution in [0.4, 0.5) is 5.82 Å². The number of rotatable bonds is 3. The molecule has 0 atom stereocenters. The lowest BCUT2D eigenvalue weighted by Crippen LogP contribution is -2.16. The lowest BCUT2D eigenvalue weighted by molar-refractivity contribution is 0.587. The summed E-state index contributed by atoms with van der Waals surface area (Å²) in [4.78, 5) is 8.39. The van der Waals surface area contributed by atoms with E-state index in [4.69, 9.17) is 5.73 Å². The minimum atomic E-state index is -3.34. The lowest BCUT2D eigenvalue weighted by atomic mass is 10.0. The van der Waals surface area contributed by atoms with Gasteiger partial charge in [0, 0.05) is 29.5 Å². The molecule has 0 spiro atoms. The smallest absolute Gasteiger partial charge is 0.241 e. The molecule has 0 bridgehead atoms. The summed E-state index contributed by atoms with van der Waals surface area (Å²) < 4.78 is 26.6. The van der Waals surface area contributed by atoms with Gasteiger partial charge in [-0.05, 0) is 43.5 Å². The predicted octanol–water partition coefficient (Wildman–Crippen LogP) is 2.33. The second-order valence-electron chi connectivity index (χ2n) is 5.84. The van der Waals surface area contributed by atoms with Crippen molar-refractivity contribution < 1.29 is 8.42 Å². The first-order chi connectivity index (χ1) is 11.0. The molecule has 3 heterocycles. The zero-order valence-corrected chi connectivity index (χ0v) is 13.4. The highest BCUT2D eigenvalue weighted by atomic mass is 32.2. The minimum absolute atomic E-state index is 0.266. The van der Waals surface area contributed by atoms with Crippen LogP contribution in [0.15, 0.2) is 36.8 Å². The molecule has 1 aliphatic rings. The van der Waals surface area contributed by atoms with E-state index in [1.165, 1.54) is 3.97 Å². The van der Waals surface area contributed by atoms with Crippen LogP contribution in [0.3, 0.4) is 0 Å². The number of hydrogen-bond acceptors (Lipinski definition) is 5. The number of aromatic nitrogens is 3. The Balaban J connectivity index is 1.99. The molecule has 0 saturated heterocycles. The van der Waals surface area contributed by atoms with Gasteiger partial charge in [-0.3, -0.25) is 4.98 Å². The summed E-state index contributed by atoms with van der Waals surface area (Å²) in [5.74, 6) is 0.418. The normalized spacial score (nSPS) is 15.2. The van der Waals surface area contributed by atoms with Crippen LogP contribution < -0.4 is 5.73 Å². The van der Waals surface area contributed by atoms with Crippen LogP contribution >= 0.6 is 0 Å². The van der Waals surface area contributed by atoms with Crippen molar-refractivity contribution >= 4 is 26.7 Å². The second kappa shape index (κ2) is 4.79. The standard InChI is InChI=1S/C16H16N4O2S/c1-10-16-13(5-7-20(16)23(21,22)12-2-3-12)14(9-19-10)11-4-6-18-15(17)8-11/h4-9,12H,2-3H2,1H3,(H2,17,18). The Bertz CT molecular complexity index is 1020. The molecule has 4 rings (SSSR count). The molecule has 2 N–H and O–H groups in total. The second-order valence-corrected chi connectivity index (χ2v) is 7.93. The molecular weight excluding hydrogens is 312 g/mol. The zero-order valence-electron chi connectivity index (χ0n) is 12.6. The van der Waals surface area contributed by atoms with Crippen LogP contribution in [0.5, 0.6) is 0 Å². The Labute approximate surface area is 134 Å². The highest BCUT2D eigenvalue weighted by Crippen LogP contribution is 2.35.